The standard InChI is InChI=1S/C25H31NO3/c1-5-17-15-18(6-2)23(19(7-3)16-17)21-13-14-22(25(28)29-4)26(21)24(27)20-11-9-8-10-12-20/h8-12,15-16,21-22H,5-7,13-14H2,1-4H3/t21?,22-/m0/s1. The summed E-state index contributed by atoms with van der Waals surface area (Å²) in [6.07, 6.45) is 4.19. The van der Waals surface area contributed by atoms with Gasteiger partial charge in [0, 0.05) is 5.56 Å². The monoisotopic (exact) mass is 393 g/mol. The van der Waals surface area contributed by atoms with Crippen molar-refractivity contribution in [2.45, 2.75) is 65.0 Å². The molecule has 2 aromatic carbocycles. The molecule has 4 heteroatoms. The van der Waals surface area contributed by atoms with Gasteiger partial charge in [0.05, 0.1) is 13.2 Å². The van der Waals surface area contributed by atoms with Gasteiger partial charge in [-0.05, 0) is 66.5 Å². The molecule has 4 nitrogen and oxygen atoms in total. The summed E-state index contributed by atoms with van der Waals surface area (Å²) in [5, 5.41) is 0. The first-order valence-corrected chi connectivity index (χ1v) is 10.7. The van der Waals surface area contributed by atoms with E-state index in [1.54, 1.807) is 4.90 Å². The minimum atomic E-state index is -0.544. The highest BCUT2D eigenvalue weighted by Crippen LogP contribution is 2.41. The summed E-state index contributed by atoms with van der Waals surface area (Å²) >= 11 is 0. The van der Waals surface area contributed by atoms with Crippen LogP contribution in [0.5, 0.6) is 0 Å². The Kier molecular flexibility index (Phi) is 6.73. The Bertz CT molecular complexity index is 850. The second-order valence-corrected chi connectivity index (χ2v) is 7.60. The lowest BCUT2D eigenvalue weighted by molar-refractivity contribution is -0.145. The number of esters is 1. The molecule has 29 heavy (non-hydrogen) atoms. The molecule has 1 fully saturated rings. The van der Waals surface area contributed by atoms with Crippen molar-refractivity contribution in [2.75, 3.05) is 7.11 Å². The molecule has 0 saturated carbocycles. The molecule has 1 aliphatic heterocycles. The fourth-order valence-electron chi connectivity index (χ4n) is 4.54. The summed E-state index contributed by atoms with van der Waals surface area (Å²) in [5.41, 5.74) is 5.72. The molecule has 0 aromatic heterocycles. The number of methoxy groups -OCH3 is 1. The lowest BCUT2D eigenvalue weighted by atomic mass is 9.88. The zero-order chi connectivity index (χ0) is 21.0. The van der Waals surface area contributed by atoms with E-state index in [-0.39, 0.29) is 17.9 Å². The van der Waals surface area contributed by atoms with Crippen molar-refractivity contribution in [3.8, 4) is 0 Å². The fourth-order valence-corrected chi connectivity index (χ4v) is 4.54. The average Bonchev–Trinajstić information content (AvgIpc) is 3.21. The van der Waals surface area contributed by atoms with E-state index in [9.17, 15) is 9.59 Å². The molecule has 1 saturated heterocycles. The lowest BCUT2D eigenvalue weighted by Crippen LogP contribution is -2.42. The quantitative estimate of drug-likeness (QED) is 0.656. The van der Waals surface area contributed by atoms with Gasteiger partial charge in [0.15, 0.2) is 0 Å². The van der Waals surface area contributed by atoms with Crippen LogP contribution in [0.3, 0.4) is 0 Å². The summed E-state index contributed by atoms with van der Waals surface area (Å²) < 4.78 is 5.05. The predicted octanol–water partition coefficient (Wildman–Crippen LogP) is 4.89. The predicted molar refractivity (Wildman–Crippen MR) is 115 cm³/mol. The van der Waals surface area contributed by atoms with Crippen LogP contribution in [0.25, 0.3) is 0 Å². The highest BCUT2D eigenvalue weighted by atomic mass is 16.5. The summed E-state index contributed by atoms with van der Waals surface area (Å²) in [4.78, 5) is 27.8. The van der Waals surface area contributed by atoms with Crippen LogP contribution in [0, 0.1) is 0 Å². The Morgan fingerprint density at radius 3 is 2.10 bits per heavy atom. The van der Waals surface area contributed by atoms with Crippen LogP contribution in [-0.4, -0.2) is 29.9 Å². The number of benzene rings is 2. The fraction of sp³-hybridized carbons (Fsp3) is 0.440. The van der Waals surface area contributed by atoms with Crippen molar-refractivity contribution in [3.63, 3.8) is 0 Å². The normalized spacial score (nSPS) is 18.7. The molecule has 2 aromatic rings. The molecule has 0 radical (unpaired) electrons. The Hall–Kier alpha value is -2.62. The summed E-state index contributed by atoms with van der Waals surface area (Å²) in [6, 6.07) is 13.1. The van der Waals surface area contributed by atoms with Gasteiger partial charge in [-0.25, -0.2) is 4.79 Å². The molecule has 0 N–H and O–H groups in total. The number of amides is 1. The molecule has 154 valence electrons. The number of carbonyl (C=O) groups is 2. The first-order valence-electron chi connectivity index (χ1n) is 10.7. The van der Waals surface area contributed by atoms with Gasteiger partial charge in [0.2, 0.25) is 0 Å². The molecule has 1 amide bonds. The van der Waals surface area contributed by atoms with Crippen molar-refractivity contribution >= 4 is 11.9 Å². The van der Waals surface area contributed by atoms with Gasteiger partial charge in [-0.1, -0.05) is 51.1 Å². The van der Waals surface area contributed by atoms with E-state index in [2.05, 4.69) is 32.9 Å². The summed E-state index contributed by atoms with van der Waals surface area (Å²) in [5.74, 6) is -0.440. The molecule has 2 atom stereocenters. The van der Waals surface area contributed by atoms with Crippen molar-refractivity contribution in [3.05, 3.63) is 70.3 Å². The molecule has 1 aliphatic rings. The van der Waals surface area contributed by atoms with E-state index in [0.29, 0.717) is 12.0 Å². The zero-order valence-corrected chi connectivity index (χ0v) is 17.9. The first-order chi connectivity index (χ1) is 14.0. The molecule has 1 heterocycles. The topological polar surface area (TPSA) is 46.6 Å². The van der Waals surface area contributed by atoms with Gasteiger partial charge in [-0.15, -0.1) is 0 Å². The average molecular weight is 394 g/mol. The number of hydrogen-bond acceptors (Lipinski definition) is 3. The Labute approximate surface area is 173 Å². The van der Waals surface area contributed by atoms with Gasteiger partial charge in [0.25, 0.3) is 5.91 Å². The second-order valence-electron chi connectivity index (χ2n) is 7.60. The van der Waals surface area contributed by atoms with E-state index < -0.39 is 6.04 Å². The van der Waals surface area contributed by atoms with E-state index >= 15 is 0 Å². The molecule has 3 rings (SSSR count). The number of nitrogens with zero attached hydrogens (tertiary/aromatic N) is 1. The van der Waals surface area contributed by atoms with E-state index in [1.165, 1.54) is 29.4 Å². The maximum absolute atomic E-state index is 13.5. The lowest BCUT2D eigenvalue weighted by Gasteiger charge is -2.32. The molecular formula is C25H31NO3. The highest BCUT2D eigenvalue weighted by molar-refractivity contribution is 5.97. The third-order valence-electron chi connectivity index (χ3n) is 6.03. The maximum Gasteiger partial charge on any atom is 0.328 e. The van der Waals surface area contributed by atoms with Gasteiger partial charge in [0.1, 0.15) is 6.04 Å². The van der Waals surface area contributed by atoms with Gasteiger partial charge in [-0.3, -0.25) is 4.79 Å². The highest BCUT2D eigenvalue weighted by Gasteiger charge is 2.43. The summed E-state index contributed by atoms with van der Waals surface area (Å²) in [7, 11) is 1.39. The van der Waals surface area contributed by atoms with E-state index in [0.717, 1.165) is 25.7 Å². The van der Waals surface area contributed by atoms with Crippen molar-refractivity contribution in [2.24, 2.45) is 0 Å². The minimum Gasteiger partial charge on any atom is -0.467 e. The number of likely N-dealkylation sites (tertiary alicyclic amines) is 1. The molecular weight excluding hydrogens is 362 g/mol. The first kappa shape index (κ1) is 21.1. The zero-order valence-electron chi connectivity index (χ0n) is 17.9. The molecule has 0 bridgehead atoms. The molecule has 0 spiro atoms. The maximum atomic E-state index is 13.5. The largest absolute Gasteiger partial charge is 0.467 e. The van der Waals surface area contributed by atoms with Crippen molar-refractivity contribution < 1.29 is 14.3 Å². The van der Waals surface area contributed by atoms with Crippen LogP contribution >= 0.6 is 0 Å². The molecule has 0 aliphatic carbocycles. The third kappa shape index (κ3) is 4.07. The van der Waals surface area contributed by atoms with Crippen LogP contribution in [0.2, 0.25) is 0 Å². The SMILES string of the molecule is CCc1cc(CC)c(C2CC[C@@H](C(=O)OC)N2C(=O)c2ccccc2)c(CC)c1. The Morgan fingerprint density at radius 1 is 0.966 bits per heavy atom. The Balaban J connectivity index is 2.12. The number of rotatable bonds is 6. The summed E-state index contributed by atoms with van der Waals surface area (Å²) in [6.45, 7) is 6.49. The third-order valence-corrected chi connectivity index (χ3v) is 6.03. The minimum absolute atomic E-state index is 0.104. The van der Waals surface area contributed by atoms with Crippen LogP contribution in [0.4, 0.5) is 0 Å². The van der Waals surface area contributed by atoms with Crippen LogP contribution in [-0.2, 0) is 28.8 Å². The van der Waals surface area contributed by atoms with Crippen LogP contribution in [0.15, 0.2) is 42.5 Å². The number of carbonyl (C=O) groups excluding carboxylic acids is 2. The van der Waals surface area contributed by atoms with Crippen LogP contribution < -0.4 is 0 Å². The van der Waals surface area contributed by atoms with Crippen molar-refractivity contribution in [1.82, 2.24) is 4.90 Å². The Morgan fingerprint density at radius 2 is 1.59 bits per heavy atom. The number of ether oxygens (including phenoxy) is 1. The van der Waals surface area contributed by atoms with E-state index in [4.69, 9.17) is 4.74 Å². The number of hydrogen-bond donors (Lipinski definition) is 0. The molecule has 1 unspecified atom stereocenters. The van der Waals surface area contributed by atoms with Gasteiger partial charge < -0.3 is 9.64 Å². The smallest absolute Gasteiger partial charge is 0.328 e. The number of aryl methyl sites for hydroxylation is 3. The van der Waals surface area contributed by atoms with Gasteiger partial charge >= 0.3 is 5.97 Å². The van der Waals surface area contributed by atoms with E-state index in [1.807, 2.05) is 30.3 Å². The van der Waals surface area contributed by atoms with Gasteiger partial charge in [-0.2, -0.15) is 0 Å². The van der Waals surface area contributed by atoms with Crippen molar-refractivity contribution in [1.29, 1.82) is 0 Å². The second kappa shape index (κ2) is 9.25. The van der Waals surface area contributed by atoms with Crippen LogP contribution in [0.1, 0.15) is 72.3 Å².